The number of aromatic nitrogens is 2. The number of aromatic amines is 1. The number of rotatable bonds is 0. The number of hydrogen-bond acceptors (Lipinski definition) is 2. The van der Waals surface area contributed by atoms with Crippen molar-refractivity contribution in [3.8, 4) is 0 Å². The third-order valence-electron chi connectivity index (χ3n) is 1.54. The summed E-state index contributed by atoms with van der Waals surface area (Å²) >= 11 is 0. The van der Waals surface area contributed by atoms with Gasteiger partial charge in [0.25, 0.3) is 0 Å². The minimum Gasteiger partial charge on any atom is -0.397 e. The van der Waals surface area contributed by atoms with Crippen LogP contribution in [0.1, 0.15) is 0 Å². The predicted molar refractivity (Wildman–Crippen MR) is 40.5 cm³/mol. The maximum Gasteiger partial charge on any atom is 0.214 e. The Morgan fingerprint density at radius 1 is 1.45 bits per heavy atom. The average Bonchev–Trinajstić information content (AvgIpc) is 2.32. The molecule has 4 heteroatoms. The molecule has 0 amide bonds. The summed E-state index contributed by atoms with van der Waals surface area (Å²) < 4.78 is 12.5. The third kappa shape index (κ3) is 0.832. The molecule has 0 aliphatic rings. The quantitative estimate of drug-likeness (QED) is 0.557. The topological polar surface area (TPSA) is 54.7 Å². The van der Waals surface area contributed by atoms with Crippen molar-refractivity contribution in [3.05, 3.63) is 24.3 Å². The van der Waals surface area contributed by atoms with Crippen LogP contribution in [0.15, 0.2) is 18.3 Å². The van der Waals surface area contributed by atoms with Gasteiger partial charge in [-0.2, -0.15) is 4.39 Å². The summed E-state index contributed by atoms with van der Waals surface area (Å²) in [6.07, 6.45) is 1.59. The zero-order chi connectivity index (χ0) is 7.84. The summed E-state index contributed by atoms with van der Waals surface area (Å²) in [5.41, 5.74) is 6.61. The minimum absolute atomic E-state index is 0.488. The summed E-state index contributed by atoms with van der Waals surface area (Å²) in [4.78, 5) is 6.35. The van der Waals surface area contributed by atoms with Crippen molar-refractivity contribution in [2.75, 3.05) is 5.73 Å². The van der Waals surface area contributed by atoms with Crippen molar-refractivity contribution in [1.82, 2.24) is 9.97 Å². The second-order valence-electron chi connectivity index (χ2n) is 2.27. The van der Waals surface area contributed by atoms with Crippen molar-refractivity contribution in [3.63, 3.8) is 0 Å². The summed E-state index contributed by atoms with van der Waals surface area (Å²) in [5, 5.41) is 0.756. The van der Waals surface area contributed by atoms with Gasteiger partial charge in [0.2, 0.25) is 5.95 Å². The molecular weight excluding hydrogens is 145 g/mol. The first-order valence-electron chi connectivity index (χ1n) is 3.16. The van der Waals surface area contributed by atoms with Crippen LogP contribution in [0.5, 0.6) is 0 Å². The molecule has 2 aromatic heterocycles. The highest BCUT2D eigenvalue weighted by molar-refractivity contribution is 5.88. The number of nitrogens with one attached hydrogen (secondary N) is 1. The number of pyridine rings is 1. The zero-order valence-electron chi connectivity index (χ0n) is 5.63. The highest BCUT2D eigenvalue weighted by Gasteiger charge is 2.00. The average molecular weight is 151 g/mol. The third-order valence-corrected chi connectivity index (χ3v) is 1.54. The van der Waals surface area contributed by atoms with Crippen molar-refractivity contribution >= 4 is 16.7 Å². The van der Waals surface area contributed by atoms with Crippen LogP contribution in [-0.4, -0.2) is 9.97 Å². The molecule has 2 aromatic rings. The van der Waals surface area contributed by atoms with Crippen LogP contribution in [0.4, 0.5) is 10.1 Å². The van der Waals surface area contributed by atoms with Crippen LogP contribution in [0, 0.1) is 5.95 Å². The lowest BCUT2D eigenvalue weighted by Gasteiger charge is -1.89. The van der Waals surface area contributed by atoms with Crippen LogP contribution >= 0.6 is 0 Å². The number of nitrogen functional groups attached to an aromatic ring is 1. The first-order valence-corrected chi connectivity index (χ1v) is 3.16. The van der Waals surface area contributed by atoms with E-state index in [9.17, 15) is 4.39 Å². The monoisotopic (exact) mass is 151 g/mol. The molecule has 0 radical (unpaired) electrons. The van der Waals surface area contributed by atoms with Crippen molar-refractivity contribution in [1.29, 1.82) is 0 Å². The number of nitrogens with two attached hydrogens (primary N) is 1. The van der Waals surface area contributed by atoms with Gasteiger partial charge in [-0.1, -0.05) is 0 Å². The SMILES string of the molecule is Nc1c[nH]c2nc(F)ccc12. The van der Waals surface area contributed by atoms with Crippen LogP contribution in [0.3, 0.4) is 0 Å². The van der Waals surface area contributed by atoms with E-state index in [0.29, 0.717) is 11.3 Å². The number of H-pyrrole nitrogens is 1. The fourth-order valence-corrected chi connectivity index (χ4v) is 1.00. The Hall–Kier alpha value is -1.58. The van der Waals surface area contributed by atoms with Gasteiger partial charge in [-0.25, -0.2) is 4.98 Å². The standard InChI is InChI=1S/C7H6FN3/c8-6-2-1-4-5(9)3-10-7(4)11-6/h1-3H,9H2,(H,10,11). The van der Waals surface area contributed by atoms with E-state index >= 15 is 0 Å². The van der Waals surface area contributed by atoms with Crippen LogP contribution in [0.2, 0.25) is 0 Å². The maximum absolute atomic E-state index is 12.5. The molecule has 0 aromatic carbocycles. The Morgan fingerprint density at radius 3 is 3.09 bits per heavy atom. The summed E-state index contributed by atoms with van der Waals surface area (Å²) in [6.45, 7) is 0. The summed E-state index contributed by atoms with van der Waals surface area (Å²) in [6, 6.07) is 2.88. The Labute approximate surface area is 62.0 Å². The maximum atomic E-state index is 12.5. The molecule has 0 fully saturated rings. The lowest BCUT2D eigenvalue weighted by molar-refractivity contribution is 0.588. The highest BCUT2D eigenvalue weighted by Crippen LogP contribution is 2.17. The Morgan fingerprint density at radius 2 is 2.27 bits per heavy atom. The molecule has 11 heavy (non-hydrogen) atoms. The molecule has 0 aliphatic heterocycles. The lowest BCUT2D eigenvalue weighted by Crippen LogP contribution is -1.83. The van der Waals surface area contributed by atoms with E-state index in [2.05, 4.69) is 9.97 Å². The number of fused-ring (bicyclic) bond motifs is 1. The number of halogens is 1. The molecule has 2 rings (SSSR count). The van der Waals surface area contributed by atoms with Crippen LogP contribution < -0.4 is 5.73 Å². The molecular formula is C7H6FN3. The van der Waals surface area contributed by atoms with Gasteiger partial charge in [0.15, 0.2) is 0 Å². The van der Waals surface area contributed by atoms with Gasteiger partial charge in [0.1, 0.15) is 5.65 Å². The first kappa shape index (κ1) is 6.15. The smallest absolute Gasteiger partial charge is 0.214 e. The molecule has 2 heterocycles. The van der Waals surface area contributed by atoms with Gasteiger partial charge in [-0.15, -0.1) is 0 Å². The fraction of sp³-hybridized carbons (Fsp3) is 0. The van der Waals surface area contributed by atoms with E-state index in [1.807, 2.05) is 0 Å². The second kappa shape index (κ2) is 1.95. The molecule has 0 aliphatic carbocycles. The molecule has 3 nitrogen and oxygen atoms in total. The van der Waals surface area contributed by atoms with E-state index in [4.69, 9.17) is 5.73 Å². The Kier molecular flexibility index (Phi) is 1.09. The van der Waals surface area contributed by atoms with Gasteiger partial charge in [-0.3, -0.25) is 0 Å². The van der Waals surface area contributed by atoms with Gasteiger partial charge in [0.05, 0.1) is 5.69 Å². The van der Waals surface area contributed by atoms with Gasteiger partial charge < -0.3 is 10.7 Å². The molecule has 0 saturated carbocycles. The van der Waals surface area contributed by atoms with Gasteiger partial charge >= 0.3 is 0 Å². The lowest BCUT2D eigenvalue weighted by atomic mass is 10.3. The van der Waals surface area contributed by atoms with Crippen molar-refractivity contribution in [2.45, 2.75) is 0 Å². The van der Waals surface area contributed by atoms with Gasteiger partial charge in [0, 0.05) is 11.6 Å². The highest BCUT2D eigenvalue weighted by atomic mass is 19.1. The van der Waals surface area contributed by atoms with Crippen molar-refractivity contribution in [2.24, 2.45) is 0 Å². The minimum atomic E-state index is -0.501. The Balaban J connectivity index is 2.86. The molecule has 56 valence electrons. The summed E-state index contributed by atoms with van der Waals surface area (Å²) in [5.74, 6) is -0.501. The Bertz CT molecular complexity index is 393. The number of hydrogen-bond donors (Lipinski definition) is 2. The van der Waals surface area contributed by atoms with Crippen molar-refractivity contribution < 1.29 is 4.39 Å². The largest absolute Gasteiger partial charge is 0.397 e. The van der Waals surface area contributed by atoms with Crippen LogP contribution in [0.25, 0.3) is 11.0 Å². The number of anilines is 1. The van der Waals surface area contributed by atoms with E-state index in [-0.39, 0.29) is 0 Å². The van der Waals surface area contributed by atoms with E-state index in [1.54, 1.807) is 12.3 Å². The molecule has 0 spiro atoms. The van der Waals surface area contributed by atoms with E-state index in [0.717, 1.165) is 5.39 Å². The predicted octanol–water partition coefficient (Wildman–Crippen LogP) is 1.28. The molecule has 0 atom stereocenters. The van der Waals surface area contributed by atoms with E-state index < -0.39 is 5.95 Å². The normalized spacial score (nSPS) is 10.6. The van der Waals surface area contributed by atoms with E-state index in [1.165, 1.54) is 6.07 Å². The summed E-state index contributed by atoms with van der Waals surface area (Å²) in [7, 11) is 0. The molecule has 0 bridgehead atoms. The fourth-order valence-electron chi connectivity index (χ4n) is 1.00. The van der Waals surface area contributed by atoms with Gasteiger partial charge in [-0.05, 0) is 12.1 Å². The first-order chi connectivity index (χ1) is 5.27. The van der Waals surface area contributed by atoms with Crippen LogP contribution in [-0.2, 0) is 0 Å². The molecule has 3 N–H and O–H groups in total. The second-order valence-corrected chi connectivity index (χ2v) is 2.27. The zero-order valence-corrected chi connectivity index (χ0v) is 5.63. The molecule has 0 unspecified atom stereocenters. The molecule has 0 saturated heterocycles. The number of nitrogens with zero attached hydrogens (tertiary/aromatic N) is 1.